The molecule has 0 amide bonds. The minimum absolute atomic E-state index is 0.432. The Hall–Kier alpha value is -1.19. The molecule has 1 heterocycles. The Morgan fingerprint density at radius 1 is 1.50 bits per heavy atom. The molecule has 4 heteroatoms. The molecule has 2 rings (SSSR count). The van der Waals surface area contributed by atoms with E-state index < -0.39 is 0 Å². The zero-order valence-electron chi connectivity index (χ0n) is 6.81. The van der Waals surface area contributed by atoms with Crippen LogP contribution in [0, 0.1) is 0 Å². The van der Waals surface area contributed by atoms with Crippen LogP contribution in [0.25, 0.3) is 0 Å². The summed E-state index contributed by atoms with van der Waals surface area (Å²) in [7, 11) is 0. The molecule has 1 fully saturated rings. The van der Waals surface area contributed by atoms with Crippen molar-refractivity contribution in [2.75, 3.05) is 0 Å². The van der Waals surface area contributed by atoms with Gasteiger partial charge in [0.1, 0.15) is 5.69 Å². The molecule has 0 aromatic carbocycles. The van der Waals surface area contributed by atoms with Crippen LogP contribution in [0.4, 0.5) is 0 Å². The summed E-state index contributed by atoms with van der Waals surface area (Å²) < 4.78 is 1.82. The molecule has 0 aliphatic heterocycles. The van der Waals surface area contributed by atoms with E-state index >= 15 is 0 Å². The smallest absolute Gasteiger partial charge is 0.171 e. The van der Waals surface area contributed by atoms with Crippen molar-refractivity contribution < 1.29 is 4.79 Å². The highest BCUT2D eigenvalue weighted by atomic mass is 16.1. The summed E-state index contributed by atoms with van der Waals surface area (Å²) in [6.45, 7) is 0. The normalized spacial score (nSPS) is 18.3. The van der Waals surface area contributed by atoms with Crippen molar-refractivity contribution >= 4 is 6.29 Å². The van der Waals surface area contributed by atoms with E-state index in [-0.39, 0.29) is 0 Å². The Bertz CT molecular complexity index is 276. The number of aldehydes is 1. The van der Waals surface area contributed by atoms with Crippen LogP contribution in [0.3, 0.4) is 0 Å². The summed E-state index contributed by atoms with van der Waals surface area (Å²) in [5, 5.41) is 7.63. The Kier molecular flexibility index (Phi) is 1.89. The molecule has 0 N–H and O–H groups in total. The minimum atomic E-state index is 0.432. The molecule has 1 aromatic heterocycles. The average molecular weight is 165 g/mol. The third-order valence-electron chi connectivity index (χ3n) is 2.35. The molecule has 0 radical (unpaired) electrons. The zero-order valence-corrected chi connectivity index (χ0v) is 6.81. The van der Waals surface area contributed by atoms with Crippen LogP contribution in [0.1, 0.15) is 42.2 Å². The molecule has 1 aromatic rings. The second kappa shape index (κ2) is 3.05. The fourth-order valence-corrected chi connectivity index (χ4v) is 1.69. The molecule has 0 spiro atoms. The van der Waals surface area contributed by atoms with Gasteiger partial charge >= 0.3 is 0 Å². The molecular formula is C8H11N3O. The third kappa shape index (κ3) is 1.24. The van der Waals surface area contributed by atoms with E-state index in [1.807, 2.05) is 4.68 Å². The molecular weight excluding hydrogens is 154 g/mol. The summed E-state index contributed by atoms with van der Waals surface area (Å²) in [6.07, 6.45) is 7.33. The minimum Gasteiger partial charge on any atom is -0.296 e. The van der Waals surface area contributed by atoms with Gasteiger partial charge < -0.3 is 0 Å². The summed E-state index contributed by atoms with van der Waals surface area (Å²) in [4.78, 5) is 10.3. The molecule has 1 aliphatic carbocycles. The molecule has 0 bridgehead atoms. The van der Waals surface area contributed by atoms with Crippen LogP contribution >= 0.6 is 0 Å². The van der Waals surface area contributed by atoms with Gasteiger partial charge in [0.2, 0.25) is 0 Å². The van der Waals surface area contributed by atoms with Crippen molar-refractivity contribution in [2.24, 2.45) is 0 Å². The van der Waals surface area contributed by atoms with E-state index in [0.29, 0.717) is 11.7 Å². The number of carbonyl (C=O) groups excluding carboxylic acids is 1. The van der Waals surface area contributed by atoms with Crippen LogP contribution in [0.15, 0.2) is 6.20 Å². The predicted octanol–water partition coefficient (Wildman–Crippen LogP) is 1.21. The number of hydrogen-bond acceptors (Lipinski definition) is 3. The van der Waals surface area contributed by atoms with Gasteiger partial charge in [-0.05, 0) is 12.8 Å². The van der Waals surface area contributed by atoms with Crippen LogP contribution < -0.4 is 0 Å². The molecule has 0 atom stereocenters. The Balaban J connectivity index is 2.16. The molecule has 1 saturated carbocycles. The van der Waals surface area contributed by atoms with Crippen molar-refractivity contribution in [3.63, 3.8) is 0 Å². The highest BCUT2D eigenvalue weighted by Gasteiger charge is 2.17. The summed E-state index contributed by atoms with van der Waals surface area (Å²) in [5.41, 5.74) is 0.432. The lowest BCUT2D eigenvalue weighted by molar-refractivity contribution is 0.111. The Morgan fingerprint density at radius 2 is 2.25 bits per heavy atom. The maximum Gasteiger partial charge on any atom is 0.171 e. The van der Waals surface area contributed by atoms with Crippen molar-refractivity contribution in [2.45, 2.75) is 31.7 Å². The number of nitrogens with zero attached hydrogens (tertiary/aromatic N) is 3. The van der Waals surface area contributed by atoms with Gasteiger partial charge in [0.15, 0.2) is 6.29 Å². The quantitative estimate of drug-likeness (QED) is 0.619. The molecule has 4 nitrogen and oxygen atoms in total. The maximum absolute atomic E-state index is 10.3. The lowest BCUT2D eigenvalue weighted by atomic mass is 10.3. The first kappa shape index (κ1) is 7.46. The number of rotatable bonds is 2. The fraction of sp³-hybridized carbons (Fsp3) is 0.625. The second-order valence-electron chi connectivity index (χ2n) is 3.18. The number of hydrogen-bond donors (Lipinski definition) is 0. The van der Waals surface area contributed by atoms with Gasteiger partial charge in [0.25, 0.3) is 0 Å². The van der Waals surface area contributed by atoms with Crippen molar-refractivity contribution in [3.05, 3.63) is 11.9 Å². The van der Waals surface area contributed by atoms with Gasteiger partial charge in [0, 0.05) is 0 Å². The van der Waals surface area contributed by atoms with Crippen molar-refractivity contribution in [3.8, 4) is 0 Å². The van der Waals surface area contributed by atoms with E-state index in [1.165, 1.54) is 25.7 Å². The van der Waals surface area contributed by atoms with Crippen molar-refractivity contribution in [1.82, 2.24) is 15.0 Å². The molecule has 0 unspecified atom stereocenters. The van der Waals surface area contributed by atoms with Crippen molar-refractivity contribution in [1.29, 1.82) is 0 Å². The zero-order chi connectivity index (χ0) is 8.39. The maximum atomic E-state index is 10.3. The van der Waals surface area contributed by atoms with E-state index in [4.69, 9.17) is 0 Å². The second-order valence-corrected chi connectivity index (χ2v) is 3.18. The largest absolute Gasteiger partial charge is 0.296 e. The number of aromatic nitrogens is 3. The van der Waals surface area contributed by atoms with Crippen LogP contribution in [0.2, 0.25) is 0 Å². The van der Waals surface area contributed by atoms with Crippen LogP contribution in [-0.4, -0.2) is 21.3 Å². The molecule has 12 heavy (non-hydrogen) atoms. The first-order valence-corrected chi connectivity index (χ1v) is 4.27. The lowest BCUT2D eigenvalue weighted by Gasteiger charge is -2.06. The topological polar surface area (TPSA) is 47.8 Å². The van der Waals surface area contributed by atoms with Gasteiger partial charge in [-0.2, -0.15) is 0 Å². The third-order valence-corrected chi connectivity index (χ3v) is 2.35. The van der Waals surface area contributed by atoms with Gasteiger partial charge in [-0.1, -0.05) is 18.1 Å². The average Bonchev–Trinajstić information content (AvgIpc) is 2.75. The summed E-state index contributed by atoms with van der Waals surface area (Å²) in [6, 6.07) is 0.478. The van der Waals surface area contributed by atoms with E-state index in [0.717, 1.165) is 6.29 Å². The monoisotopic (exact) mass is 165 g/mol. The SMILES string of the molecule is O=Cc1cn(C2CCCC2)nn1. The van der Waals surface area contributed by atoms with E-state index in [2.05, 4.69) is 10.3 Å². The van der Waals surface area contributed by atoms with Gasteiger partial charge in [-0.3, -0.25) is 4.79 Å². The molecule has 1 aliphatic rings. The first-order chi connectivity index (χ1) is 5.90. The van der Waals surface area contributed by atoms with Gasteiger partial charge in [0.05, 0.1) is 12.2 Å². The fourth-order valence-electron chi connectivity index (χ4n) is 1.69. The standard InChI is InChI=1S/C8H11N3O/c12-6-7-5-11(10-9-7)8-3-1-2-4-8/h5-6,8H,1-4H2. The highest BCUT2D eigenvalue weighted by molar-refractivity contribution is 5.70. The summed E-state index contributed by atoms with van der Waals surface area (Å²) in [5.74, 6) is 0. The number of carbonyl (C=O) groups is 1. The molecule has 0 saturated heterocycles. The lowest BCUT2D eigenvalue weighted by Crippen LogP contribution is -2.04. The molecule has 64 valence electrons. The van der Waals surface area contributed by atoms with Crippen LogP contribution in [0.5, 0.6) is 0 Å². The first-order valence-electron chi connectivity index (χ1n) is 4.27. The summed E-state index contributed by atoms with van der Waals surface area (Å²) >= 11 is 0. The Morgan fingerprint density at radius 3 is 2.83 bits per heavy atom. The van der Waals surface area contributed by atoms with Gasteiger partial charge in [-0.25, -0.2) is 4.68 Å². The van der Waals surface area contributed by atoms with Crippen LogP contribution in [-0.2, 0) is 0 Å². The Labute approximate surface area is 70.6 Å². The van der Waals surface area contributed by atoms with Gasteiger partial charge in [-0.15, -0.1) is 5.10 Å². The van der Waals surface area contributed by atoms with E-state index in [9.17, 15) is 4.79 Å². The predicted molar refractivity (Wildman–Crippen MR) is 42.9 cm³/mol. The van der Waals surface area contributed by atoms with E-state index in [1.54, 1.807) is 6.20 Å². The highest BCUT2D eigenvalue weighted by Crippen LogP contribution is 2.28.